The van der Waals surface area contributed by atoms with E-state index in [-0.39, 0.29) is 0 Å². The fourth-order valence-corrected chi connectivity index (χ4v) is 3.65. The molecule has 12 heavy (non-hydrogen) atoms. The molecule has 0 heterocycles. The van der Waals surface area contributed by atoms with Crippen molar-refractivity contribution in [1.82, 2.24) is 0 Å². The number of rotatable bonds is 0. The van der Waals surface area contributed by atoms with Gasteiger partial charge >= 0.3 is 0 Å². The lowest BCUT2D eigenvalue weighted by molar-refractivity contribution is 0.386. The van der Waals surface area contributed by atoms with Gasteiger partial charge in [0.05, 0.1) is 0 Å². The van der Waals surface area contributed by atoms with Crippen LogP contribution in [-0.4, -0.2) is 0 Å². The lowest BCUT2D eigenvalue weighted by atomic mass is 9.82. The predicted octanol–water partition coefficient (Wildman–Crippen LogP) is 3.16. The minimum atomic E-state index is 0.928. The van der Waals surface area contributed by atoms with E-state index >= 15 is 0 Å². The van der Waals surface area contributed by atoms with Crippen molar-refractivity contribution in [2.45, 2.75) is 26.7 Å². The zero-order valence-electron chi connectivity index (χ0n) is 7.88. The monoisotopic (exact) mass is 160 g/mol. The molecule has 3 rings (SSSR count). The molecule has 4 atom stereocenters. The van der Waals surface area contributed by atoms with Gasteiger partial charge in [-0.25, -0.2) is 0 Å². The maximum Gasteiger partial charge on any atom is -0.0128 e. The van der Waals surface area contributed by atoms with E-state index in [1.807, 2.05) is 0 Å². The molecule has 1 saturated carbocycles. The van der Waals surface area contributed by atoms with Crippen molar-refractivity contribution in [3.05, 3.63) is 23.3 Å². The number of fused-ring (bicyclic) bond motifs is 5. The Morgan fingerprint density at radius 1 is 1.25 bits per heavy atom. The van der Waals surface area contributed by atoms with E-state index in [2.05, 4.69) is 26.0 Å². The van der Waals surface area contributed by atoms with Crippen molar-refractivity contribution in [1.29, 1.82) is 0 Å². The Hall–Kier alpha value is -0.520. The third kappa shape index (κ3) is 0.688. The van der Waals surface area contributed by atoms with Gasteiger partial charge in [-0.1, -0.05) is 23.3 Å². The van der Waals surface area contributed by atoms with Gasteiger partial charge in [-0.3, -0.25) is 0 Å². The number of hydrogen-bond donors (Lipinski definition) is 0. The zero-order chi connectivity index (χ0) is 8.29. The molecule has 0 aromatic heterocycles. The molecule has 0 amide bonds. The highest BCUT2D eigenvalue weighted by molar-refractivity contribution is 5.29. The number of hydrogen-bond acceptors (Lipinski definition) is 0. The molecule has 0 saturated heterocycles. The van der Waals surface area contributed by atoms with Crippen molar-refractivity contribution in [2.24, 2.45) is 23.7 Å². The van der Waals surface area contributed by atoms with Crippen LogP contribution in [-0.2, 0) is 0 Å². The first-order chi connectivity index (χ1) is 5.75. The van der Waals surface area contributed by atoms with E-state index < -0.39 is 0 Å². The summed E-state index contributed by atoms with van der Waals surface area (Å²) in [6.07, 6.45) is 7.94. The van der Waals surface area contributed by atoms with Crippen LogP contribution in [0.25, 0.3) is 0 Å². The molecule has 0 heteroatoms. The van der Waals surface area contributed by atoms with Gasteiger partial charge in [-0.05, 0) is 50.4 Å². The smallest absolute Gasteiger partial charge is 0.0128 e. The molecule has 0 aromatic carbocycles. The second-order valence-electron chi connectivity index (χ2n) is 4.88. The van der Waals surface area contributed by atoms with Gasteiger partial charge in [0.2, 0.25) is 0 Å². The first-order valence-electron chi connectivity index (χ1n) is 5.11. The molecule has 3 aliphatic carbocycles. The van der Waals surface area contributed by atoms with Crippen LogP contribution in [0.1, 0.15) is 26.7 Å². The maximum absolute atomic E-state index is 2.55. The van der Waals surface area contributed by atoms with Crippen LogP contribution < -0.4 is 0 Å². The standard InChI is InChI=1S/C12H16/c1-7-3-11-9-5-8(2)10(6-9)12(11)4-7/h4-5,9-12H,3,6H2,1-2H3/t9-,10+,11+,12+/m1/s1. The van der Waals surface area contributed by atoms with Gasteiger partial charge in [0, 0.05) is 0 Å². The molecule has 0 spiro atoms. The topological polar surface area (TPSA) is 0 Å². The molecule has 2 bridgehead atoms. The first kappa shape index (κ1) is 6.94. The Bertz CT molecular complexity index is 282. The average molecular weight is 160 g/mol. The van der Waals surface area contributed by atoms with Gasteiger partial charge in [-0.2, -0.15) is 0 Å². The molecule has 0 radical (unpaired) electrons. The van der Waals surface area contributed by atoms with Crippen LogP contribution in [0.3, 0.4) is 0 Å². The predicted molar refractivity (Wildman–Crippen MR) is 50.7 cm³/mol. The van der Waals surface area contributed by atoms with Gasteiger partial charge in [-0.15, -0.1) is 0 Å². The summed E-state index contributed by atoms with van der Waals surface area (Å²) in [5, 5.41) is 0. The number of allylic oxidation sites excluding steroid dienone is 4. The van der Waals surface area contributed by atoms with Crippen LogP contribution in [0.2, 0.25) is 0 Å². The zero-order valence-corrected chi connectivity index (χ0v) is 7.88. The Kier molecular flexibility index (Phi) is 1.18. The molecular weight excluding hydrogens is 144 g/mol. The molecule has 0 N–H and O–H groups in total. The van der Waals surface area contributed by atoms with Crippen LogP contribution >= 0.6 is 0 Å². The van der Waals surface area contributed by atoms with Crippen LogP contribution in [0, 0.1) is 23.7 Å². The Balaban J connectivity index is 2.00. The summed E-state index contributed by atoms with van der Waals surface area (Å²) in [6, 6.07) is 0. The molecular formula is C12H16. The van der Waals surface area contributed by atoms with Crippen LogP contribution in [0.4, 0.5) is 0 Å². The summed E-state index contributed by atoms with van der Waals surface area (Å²) in [7, 11) is 0. The molecule has 3 aliphatic rings. The lowest BCUT2D eigenvalue weighted by Crippen LogP contribution is -2.15. The second-order valence-corrected chi connectivity index (χ2v) is 4.88. The minimum absolute atomic E-state index is 0.928. The van der Waals surface area contributed by atoms with E-state index in [0.29, 0.717) is 0 Å². The largest absolute Gasteiger partial charge is 0.0819 e. The van der Waals surface area contributed by atoms with E-state index in [0.717, 1.165) is 23.7 Å². The average Bonchev–Trinajstić information content (AvgIpc) is 2.57. The van der Waals surface area contributed by atoms with Crippen LogP contribution in [0.5, 0.6) is 0 Å². The highest BCUT2D eigenvalue weighted by Gasteiger charge is 2.47. The fourth-order valence-electron chi connectivity index (χ4n) is 3.65. The summed E-state index contributed by atoms with van der Waals surface area (Å²) in [6.45, 7) is 4.62. The van der Waals surface area contributed by atoms with Crippen molar-refractivity contribution in [3.63, 3.8) is 0 Å². The summed E-state index contributed by atoms with van der Waals surface area (Å²) in [4.78, 5) is 0. The molecule has 0 nitrogen and oxygen atoms in total. The molecule has 1 fully saturated rings. The van der Waals surface area contributed by atoms with E-state index in [1.54, 1.807) is 11.1 Å². The van der Waals surface area contributed by atoms with Gasteiger partial charge in [0.15, 0.2) is 0 Å². The van der Waals surface area contributed by atoms with E-state index in [9.17, 15) is 0 Å². The van der Waals surface area contributed by atoms with Crippen LogP contribution in [0.15, 0.2) is 23.3 Å². The molecule has 0 unspecified atom stereocenters. The fraction of sp³-hybridized carbons (Fsp3) is 0.667. The third-order valence-electron chi connectivity index (χ3n) is 4.13. The van der Waals surface area contributed by atoms with Crippen molar-refractivity contribution in [2.75, 3.05) is 0 Å². The second kappa shape index (κ2) is 2.04. The summed E-state index contributed by atoms with van der Waals surface area (Å²) in [5.74, 6) is 3.80. The van der Waals surface area contributed by atoms with E-state index in [1.165, 1.54) is 12.8 Å². The summed E-state index contributed by atoms with van der Waals surface area (Å²) < 4.78 is 0. The van der Waals surface area contributed by atoms with Gasteiger partial charge in [0.25, 0.3) is 0 Å². The van der Waals surface area contributed by atoms with E-state index in [4.69, 9.17) is 0 Å². The van der Waals surface area contributed by atoms with Gasteiger partial charge < -0.3 is 0 Å². The van der Waals surface area contributed by atoms with Crippen molar-refractivity contribution >= 4 is 0 Å². The normalized spacial score (nSPS) is 49.2. The maximum atomic E-state index is 2.55. The summed E-state index contributed by atoms with van der Waals surface area (Å²) in [5.41, 5.74) is 3.31. The highest BCUT2D eigenvalue weighted by atomic mass is 14.5. The minimum Gasteiger partial charge on any atom is -0.0819 e. The van der Waals surface area contributed by atoms with Crippen molar-refractivity contribution in [3.8, 4) is 0 Å². The lowest BCUT2D eigenvalue weighted by Gasteiger charge is -2.22. The SMILES string of the molecule is CC1=C[C@@H]2[C@@H](C1)[C@@H]1C=C(C)[C@@H]2C1. The Labute approximate surface area is 74.4 Å². The third-order valence-corrected chi connectivity index (χ3v) is 4.13. The molecule has 0 aliphatic heterocycles. The molecule has 0 aromatic rings. The Morgan fingerprint density at radius 2 is 2.08 bits per heavy atom. The highest BCUT2D eigenvalue weighted by Crippen LogP contribution is 2.56. The molecule has 64 valence electrons. The summed E-state index contributed by atoms with van der Waals surface area (Å²) >= 11 is 0. The first-order valence-corrected chi connectivity index (χ1v) is 5.11. The Morgan fingerprint density at radius 3 is 2.92 bits per heavy atom. The van der Waals surface area contributed by atoms with Gasteiger partial charge in [0.1, 0.15) is 0 Å². The quantitative estimate of drug-likeness (QED) is 0.477. The van der Waals surface area contributed by atoms with Crippen molar-refractivity contribution < 1.29 is 0 Å².